The Labute approximate surface area is 125 Å². The van der Waals surface area contributed by atoms with Crippen LogP contribution in [0.3, 0.4) is 0 Å². The first-order valence-corrected chi connectivity index (χ1v) is 6.76. The van der Waals surface area contributed by atoms with Gasteiger partial charge in [-0.25, -0.2) is 9.78 Å². The molecule has 0 bridgehead atoms. The number of hydrogen-bond acceptors (Lipinski definition) is 4. The highest BCUT2D eigenvalue weighted by molar-refractivity contribution is 5.91. The van der Waals surface area contributed by atoms with E-state index in [1.807, 2.05) is 24.3 Å². The lowest BCUT2D eigenvalue weighted by molar-refractivity contribution is 0.415. The Balaban J connectivity index is 2.02. The molecular weight excluding hydrogens is 280 g/mol. The third-order valence-corrected chi connectivity index (χ3v) is 3.59. The van der Waals surface area contributed by atoms with Gasteiger partial charge in [-0.3, -0.25) is 9.38 Å². The number of rotatable bonds is 2. The average molecular weight is 292 g/mol. The molecule has 6 heteroatoms. The number of pyridine rings is 1. The normalized spacial score (nSPS) is 11.1. The van der Waals surface area contributed by atoms with Crippen molar-refractivity contribution in [2.24, 2.45) is 0 Å². The molecular formula is C16H12N4O2. The number of hydrogen-bond donors (Lipinski definition) is 1. The summed E-state index contributed by atoms with van der Waals surface area (Å²) in [5, 5.41) is 0.802. The molecule has 0 unspecified atom stereocenters. The van der Waals surface area contributed by atoms with E-state index in [0.717, 1.165) is 22.2 Å². The van der Waals surface area contributed by atoms with Gasteiger partial charge in [0.25, 0.3) is 0 Å². The Kier molecular flexibility index (Phi) is 2.69. The standard InChI is InChI=1S/C16H12N4O2/c1-22-11-4-2-3-10(7-11)14-9-20-15(18-14)12-8-17-6-5-13(12)19-16(20)21/h2-9H,1H3,(H,19,21). The van der Waals surface area contributed by atoms with E-state index in [1.165, 1.54) is 4.40 Å². The van der Waals surface area contributed by atoms with Crippen LogP contribution in [0.5, 0.6) is 5.75 Å². The molecule has 22 heavy (non-hydrogen) atoms. The first kappa shape index (κ1) is 12.6. The van der Waals surface area contributed by atoms with Gasteiger partial charge in [-0.05, 0) is 18.2 Å². The molecule has 108 valence electrons. The number of aromatic amines is 1. The molecule has 0 radical (unpaired) electrons. The first-order chi connectivity index (χ1) is 10.8. The molecule has 0 saturated carbocycles. The lowest BCUT2D eigenvalue weighted by atomic mass is 10.1. The van der Waals surface area contributed by atoms with Gasteiger partial charge >= 0.3 is 5.69 Å². The summed E-state index contributed by atoms with van der Waals surface area (Å²) in [6.45, 7) is 0. The molecule has 0 aliphatic rings. The number of imidazole rings is 1. The molecule has 0 amide bonds. The van der Waals surface area contributed by atoms with Gasteiger partial charge < -0.3 is 9.72 Å². The van der Waals surface area contributed by atoms with Crippen molar-refractivity contribution in [3.63, 3.8) is 0 Å². The van der Waals surface area contributed by atoms with Crippen LogP contribution in [-0.4, -0.2) is 26.5 Å². The number of benzene rings is 1. The summed E-state index contributed by atoms with van der Waals surface area (Å²) in [6, 6.07) is 9.33. The smallest absolute Gasteiger partial charge is 0.331 e. The second-order valence-corrected chi connectivity index (χ2v) is 4.90. The fourth-order valence-corrected chi connectivity index (χ4v) is 2.50. The molecule has 3 heterocycles. The highest BCUT2D eigenvalue weighted by atomic mass is 16.5. The Bertz CT molecular complexity index is 1050. The lowest BCUT2D eigenvalue weighted by Crippen LogP contribution is -2.15. The van der Waals surface area contributed by atoms with E-state index < -0.39 is 0 Å². The number of fused-ring (bicyclic) bond motifs is 3. The van der Waals surface area contributed by atoms with E-state index in [-0.39, 0.29) is 5.69 Å². The maximum atomic E-state index is 12.2. The van der Waals surface area contributed by atoms with E-state index in [0.29, 0.717) is 11.3 Å². The van der Waals surface area contributed by atoms with Gasteiger partial charge in [0.1, 0.15) is 5.75 Å². The van der Waals surface area contributed by atoms with Gasteiger partial charge in [-0.15, -0.1) is 0 Å². The van der Waals surface area contributed by atoms with Crippen LogP contribution in [0.25, 0.3) is 27.8 Å². The van der Waals surface area contributed by atoms with Gasteiger partial charge in [-0.2, -0.15) is 0 Å². The first-order valence-electron chi connectivity index (χ1n) is 6.76. The molecule has 1 N–H and O–H groups in total. The molecule has 6 nitrogen and oxygen atoms in total. The second kappa shape index (κ2) is 4.70. The Morgan fingerprint density at radius 3 is 3.05 bits per heavy atom. The number of nitrogens with zero attached hydrogens (tertiary/aromatic N) is 3. The molecule has 0 spiro atoms. The van der Waals surface area contributed by atoms with Gasteiger partial charge in [0.15, 0.2) is 5.65 Å². The van der Waals surface area contributed by atoms with E-state index in [1.54, 1.807) is 31.8 Å². The molecule has 0 saturated heterocycles. The zero-order chi connectivity index (χ0) is 15.1. The van der Waals surface area contributed by atoms with Crippen LogP contribution in [0, 0.1) is 0 Å². The minimum absolute atomic E-state index is 0.227. The number of methoxy groups -OCH3 is 1. The summed E-state index contributed by atoms with van der Waals surface area (Å²) in [5.41, 5.74) is 2.68. The average Bonchev–Trinajstić information content (AvgIpc) is 3.01. The lowest BCUT2D eigenvalue weighted by Gasteiger charge is -2.00. The minimum atomic E-state index is -0.227. The SMILES string of the molecule is COc1cccc(-c2cn3c(=O)[nH]c4ccncc4c3n2)c1. The van der Waals surface area contributed by atoms with Crippen molar-refractivity contribution in [2.75, 3.05) is 7.11 Å². The Morgan fingerprint density at radius 1 is 1.27 bits per heavy atom. The van der Waals surface area contributed by atoms with Gasteiger partial charge in [0.2, 0.25) is 0 Å². The summed E-state index contributed by atoms with van der Waals surface area (Å²) in [4.78, 5) is 23.7. The van der Waals surface area contributed by atoms with Crippen molar-refractivity contribution in [3.05, 3.63) is 59.4 Å². The summed E-state index contributed by atoms with van der Waals surface area (Å²) in [7, 11) is 1.62. The van der Waals surface area contributed by atoms with Crippen molar-refractivity contribution in [3.8, 4) is 17.0 Å². The number of nitrogens with one attached hydrogen (secondary N) is 1. The topological polar surface area (TPSA) is 72.3 Å². The van der Waals surface area contributed by atoms with Gasteiger partial charge in [-0.1, -0.05) is 12.1 Å². The van der Waals surface area contributed by atoms with Crippen LogP contribution >= 0.6 is 0 Å². The Morgan fingerprint density at radius 2 is 2.18 bits per heavy atom. The maximum Gasteiger partial charge on any atom is 0.331 e. The zero-order valence-corrected chi connectivity index (χ0v) is 11.8. The van der Waals surface area contributed by atoms with Crippen molar-refractivity contribution in [1.29, 1.82) is 0 Å². The maximum absolute atomic E-state index is 12.2. The van der Waals surface area contributed by atoms with Gasteiger partial charge in [0.05, 0.1) is 23.7 Å². The number of aromatic nitrogens is 4. The summed E-state index contributed by atoms with van der Waals surface area (Å²) >= 11 is 0. The zero-order valence-electron chi connectivity index (χ0n) is 11.8. The highest BCUT2D eigenvalue weighted by Gasteiger charge is 2.11. The summed E-state index contributed by atoms with van der Waals surface area (Å²) in [5.74, 6) is 0.745. The van der Waals surface area contributed by atoms with Crippen LogP contribution in [0.2, 0.25) is 0 Å². The van der Waals surface area contributed by atoms with Gasteiger partial charge in [0, 0.05) is 24.2 Å². The molecule has 3 aromatic heterocycles. The fraction of sp³-hybridized carbons (Fsp3) is 0.0625. The van der Waals surface area contributed by atoms with E-state index >= 15 is 0 Å². The van der Waals surface area contributed by atoms with Crippen molar-refractivity contribution in [2.45, 2.75) is 0 Å². The second-order valence-electron chi connectivity index (χ2n) is 4.90. The van der Waals surface area contributed by atoms with E-state index in [4.69, 9.17) is 4.74 Å². The molecule has 4 rings (SSSR count). The molecule has 0 atom stereocenters. The molecule has 0 fully saturated rings. The molecule has 1 aromatic carbocycles. The van der Waals surface area contributed by atoms with Crippen molar-refractivity contribution in [1.82, 2.24) is 19.4 Å². The van der Waals surface area contributed by atoms with Crippen molar-refractivity contribution < 1.29 is 4.74 Å². The number of ether oxygens (including phenoxy) is 1. The number of H-pyrrole nitrogens is 1. The van der Waals surface area contributed by atoms with E-state index in [9.17, 15) is 4.79 Å². The monoisotopic (exact) mass is 292 g/mol. The van der Waals surface area contributed by atoms with Crippen LogP contribution in [0.1, 0.15) is 0 Å². The summed E-state index contributed by atoms with van der Waals surface area (Å²) in [6.07, 6.45) is 5.05. The quantitative estimate of drug-likeness (QED) is 0.615. The van der Waals surface area contributed by atoms with Crippen LogP contribution in [0.15, 0.2) is 53.7 Å². The largest absolute Gasteiger partial charge is 0.497 e. The fourth-order valence-electron chi connectivity index (χ4n) is 2.50. The van der Waals surface area contributed by atoms with Crippen LogP contribution in [-0.2, 0) is 0 Å². The molecule has 4 aromatic rings. The predicted octanol–water partition coefficient (Wildman–Crippen LogP) is 2.25. The highest BCUT2D eigenvalue weighted by Crippen LogP contribution is 2.24. The van der Waals surface area contributed by atoms with E-state index in [2.05, 4.69) is 15.0 Å². The Hall–Kier alpha value is -3.15. The minimum Gasteiger partial charge on any atom is -0.497 e. The van der Waals surface area contributed by atoms with Crippen LogP contribution < -0.4 is 10.4 Å². The predicted molar refractivity (Wildman–Crippen MR) is 83.1 cm³/mol. The third kappa shape index (κ3) is 1.85. The molecule has 0 aliphatic heterocycles. The molecule has 0 aliphatic carbocycles. The summed E-state index contributed by atoms with van der Waals surface area (Å²) < 4.78 is 6.73. The third-order valence-electron chi connectivity index (χ3n) is 3.59. The van der Waals surface area contributed by atoms with Crippen LogP contribution in [0.4, 0.5) is 0 Å². The van der Waals surface area contributed by atoms with Crippen molar-refractivity contribution >= 4 is 16.6 Å².